The summed E-state index contributed by atoms with van der Waals surface area (Å²) in [5, 5.41) is 2.31. The van der Waals surface area contributed by atoms with Crippen LogP contribution in [0.2, 0.25) is 16.6 Å². The van der Waals surface area contributed by atoms with Crippen molar-refractivity contribution in [2.75, 3.05) is 11.4 Å². The Morgan fingerprint density at radius 2 is 1.51 bits per heavy atom. The van der Waals surface area contributed by atoms with E-state index in [9.17, 15) is 0 Å². The Morgan fingerprint density at radius 1 is 0.769 bits per heavy atom. The summed E-state index contributed by atoms with van der Waals surface area (Å²) in [6.07, 6.45) is 7.10. The van der Waals surface area contributed by atoms with Gasteiger partial charge in [0.1, 0.15) is 17.8 Å². The molecule has 6 heteroatoms. The number of hydrogen-bond acceptors (Lipinski definition) is 4. The Labute approximate surface area is 233 Å². The monoisotopic (exact) mass is 533 g/mol. The van der Waals surface area contributed by atoms with Crippen LogP contribution >= 0.6 is 0 Å². The number of nitrogens with zero attached hydrogens (tertiary/aromatic N) is 5. The van der Waals surface area contributed by atoms with Crippen LogP contribution in [0.3, 0.4) is 0 Å². The third-order valence-electron chi connectivity index (χ3n) is 9.10. The van der Waals surface area contributed by atoms with Gasteiger partial charge in [-0.25, -0.2) is 15.0 Å². The minimum absolute atomic E-state index is 0.621. The Balaban J connectivity index is 1.41. The summed E-state index contributed by atoms with van der Waals surface area (Å²) in [5.74, 6) is 1.01. The molecule has 0 spiro atoms. The van der Waals surface area contributed by atoms with Gasteiger partial charge in [0.15, 0.2) is 8.24 Å². The molecular weight excluding hydrogens is 494 g/mol. The average molecular weight is 534 g/mol. The maximum Gasteiger partial charge on any atom is 0.171 e. The molecule has 0 radical (unpaired) electrons. The van der Waals surface area contributed by atoms with Crippen molar-refractivity contribution in [3.8, 4) is 11.1 Å². The molecule has 0 saturated carbocycles. The van der Waals surface area contributed by atoms with E-state index in [0.717, 1.165) is 53.0 Å². The van der Waals surface area contributed by atoms with Crippen LogP contribution in [-0.4, -0.2) is 34.0 Å². The molecule has 1 aliphatic rings. The van der Waals surface area contributed by atoms with Gasteiger partial charge >= 0.3 is 0 Å². The molecule has 0 fully saturated rings. The first-order valence-corrected chi connectivity index (χ1v) is 16.5. The molecular formula is C33H39N5Si. The van der Waals surface area contributed by atoms with Gasteiger partial charge < -0.3 is 9.13 Å². The van der Waals surface area contributed by atoms with Crippen molar-refractivity contribution in [1.29, 1.82) is 0 Å². The molecule has 0 aliphatic carbocycles. The second kappa shape index (κ2) is 9.90. The molecule has 5 aromatic rings. The normalized spacial score (nSPS) is 14.2. The van der Waals surface area contributed by atoms with Crippen LogP contribution in [0.4, 0.5) is 5.82 Å². The fourth-order valence-corrected chi connectivity index (χ4v) is 14.0. The summed E-state index contributed by atoms with van der Waals surface area (Å²) < 4.78 is 2.59. The number of benzene rings is 2. The lowest BCUT2D eigenvalue weighted by molar-refractivity contribution is 0.723. The van der Waals surface area contributed by atoms with Crippen molar-refractivity contribution in [2.45, 2.75) is 71.1 Å². The third kappa shape index (κ3) is 4.16. The highest BCUT2D eigenvalue weighted by Gasteiger charge is 2.46. The highest BCUT2D eigenvalue weighted by molar-refractivity contribution is 6.82. The van der Waals surface area contributed by atoms with Gasteiger partial charge in [-0.3, -0.25) is 0 Å². The van der Waals surface area contributed by atoms with Crippen LogP contribution in [0, 0.1) is 0 Å². The zero-order valence-electron chi connectivity index (χ0n) is 24.0. The molecule has 6 rings (SSSR count). The maximum absolute atomic E-state index is 5.10. The Bertz CT molecular complexity index is 1630. The largest absolute Gasteiger partial charge is 0.359 e. The summed E-state index contributed by atoms with van der Waals surface area (Å²) in [7, 11) is -1.87. The number of aromatic nitrogens is 4. The van der Waals surface area contributed by atoms with Gasteiger partial charge in [-0.05, 0) is 70.2 Å². The molecule has 2 aromatic carbocycles. The topological polar surface area (TPSA) is 46.8 Å². The van der Waals surface area contributed by atoms with Crippen LogP contribution in [-0.2, 0) is 13.0 Å². The average Bonchev–Trinajstić information content (AvgIpc) is 3.35. The third-order valence-corrected chi connectivity index (χ3v) is 15.8. The van der Waals surface area contributed by atoms with E-state index in [1.165, 1.54) is 16.5 Å². The number of fused-ring (bicyclic) bond motifs is 3. The first kappa shape index (κ1) is 25.7. The summed E-state index contributed by atoms with van der Waals surface area (Å²) in [5.41, 5.74) is 9.07. The van der Waals surface area contributed by atoms with Crippen molar-refractivity contribution in [2.24, 2.45) is 0 Å². The quantitative estimate of drug-likeness (QED) is 0.206. The van der Waals surface area contributed by atoms with E-state index in [0.29, 0.717) is 16.6 Å². The summed E-state index contributed by atoms with van der Waals surface area (Å²) in [6, 6.07) is 19.9. The van der Waals surface area contributed by atoms with Crippen molar-refractivity contribution in [3.63, 3.8) is 0 Å². The zero-order chi connectivity index (χ0) is 27.3. The Morgan fingerprint density at radius 3 is 2.26 bits per heavy atom. The highest BCUT2D eigenvalue weighted by Crippen LogP contribution is 2.44. The Hall–Kier alpha value is -3.51. The molecule has 0 saturated heterocycles. The molecule has 5 nitrogen and oxygen atoms in total. The van der Waals surface area contributed by atoms with E-state index in [1.807, 2.05) is 0 Å². The first-order valence-electron chi connectivity index (χ1n) is 14.3. The minimum Gasteiger partial charge on any atom is -0.359 e. The van der Waals surface area contributed by atoms with Crippen molar-refractivity contribution < 1.29 is 0 Å². The smallest absolute Gasteiger partial charge is 0.171 e. The van der Waals surface area contributed by atoms with Crippen molar-refractivity contribution in [3.05, 3.63) is 84.4 Å². The Kier molecular flexibility index (Phi) is 6.54. The molecule has 0 unspecified atom stereocenters. The van der Waals surface area contributed by atoms with E-state index in [2.05, 4.69) is 123 Å². The van der Waals surface area contributed by atoms with Crippen LogP contribution in [0.15, 0.2) is 73.3 Å². The fourth-order valence-electron chi connectivity index (χ4n) is 7.48. The molecule has 0 bridgehead atoms. The number of hydrogen-bond donors (Lipinski definition) is 0. The van der Waals surface area contributed by atoms with Gasteiger partial charge in [-0.1, -0.05) is 71.9 Å². The van der Waals surface area contributed by atoms with Gasteiger partial charge in [0, 0.05) is 35.6 Å². The molecule has 0 atom stereocenters. The molecule has 39 heavy (non-hydrogen) atoms. The molecule has 0 amide bonds. The highest BCUT2D eigenvalue weighted by atomic mass is 28.3. The number of rotatable bonds is 6. The standard InChI is InChI=1S/C33H39N5Si/c1-22(2)39(23(3)4,24(5)6)38-16-14-27-17-29(19-34-32(27)38)26-11-12-31-30(18-26)33(36-21-35-31)37-15-13-25-9-7-8-10-28(25)20-37/h7-12,14,16-19,21-24H,13,15,20H2,1-6H3. The predicted molar refractivity (Wildman–Crippen MR) is 166 cm³/mol. The molecule has 0 N–H and O–H groups in total. The van der Waals surface area contributed by atoms with Crippen LogP contribution in [0.1, 0.15) is 52.7 Å². The van der Waals surface area contributed by atoms with Crippen molar-refractivity contribution >= 4 is 36.0 Å². The van der Waals surface area contributed by atoms with E-state index in [-0.39, 0.29) is 0 Å². The predicted octanol–water partition coefficient (Wildman–Crippen LogP) is 8.23. The van der Waals surface area contributed by atoms with E-state index < -0.39 is 8.24 Å². The first-order chi connectivity index (χ1) is 18.8. The molecule has 1 aliphatic heterocycles. The molecule has 4 heterocycles. The summed E-state index contributed by atoms with van der Waals surface area (Å²) in [6.45, 7) is 16.3. The van der Waals surface area contributed by atoms with Crippen LogP contribution in [0.25, 0.3) is 33.1 Å². The second-order valence-corrected chi connectivity index (χ2v) is 17.8. The van der Waals surface area contributed by atoms with E-state index >= 15 is 0 Å². The molecule has 3 aromatic heterocycles. The van der Waals surface area contributed by atoms with E-state index in [4.69, 9.17) is 9.97 Å². The SMILES string of the molecule is CC(C)[Si](C(C)C)(C(C)C)n1ccc2cc(-c3ccc4ncnc(N5CCc6ccccc6C5)c4c3)cnc21. The van der Waals surface area contributed by atoms with Crippen LogP contribution < -0.4 is 4.90 Å². The number of anilines is 1. The van der Waals surface area contributed by atoms with Gasteiger partial charge in [0.25, 0.3) is 0 Å². The van der Waals surface area contributed by atoms with Gasteiger partial charge in [0.05, 0.1) is 5.52 Å². The summed E-state index contributed by atoms with van der Waals surface area (Å²) >= 11 is 0. The summed E-state index contributed by atoms with van der Waals surface area (Å²) in [4.78, 5) is 16.9. The molecule has 200 valence electrons. The minimum atomic E-state index is -1.87. The lowest BCUT2D eigenvalue weighted by atomic mass is 9.99. The van der Waals surface area contributed by atoms with E-state index in [1.54, 1.807) is 6.33 Å². The lowest BCUT2D eigenvalue weighted by Crippen LogP contribution is -2.51. The maximum atomic E-state index is 5.10. The van der Waals surface area contributed by atoms with Gasteiger partial charge in [-0.15, -0.1) is 0 Å². The second-order valence-electron chi connectivity index (χ2n) is 12.0. The van der Waals surface area contributed by atoms with Gasteiger partial charge in [0.2, 0.25) is 0 Å². The van der Waals surface area contributed by atoms with Gasteiger partial charge in [-0.2, -0.15) is 0 Å². The van der Waals surface area contributed by atoms with Crippen LogP contribution in [0.5, 0.6) is 0 Å². The lowest BCUT2D eigenvalue weighted by Gasteiger charge is -2.44. The fraction of sp³-hybridized carbons (Fsp3) is 0.364. The van der Waals surface area contributed by atoms with Crippen molar-refractivity contribution in [1.82, 2.24) is 19.2 Å². The zero-order valence-corrected chi connectivity index (χ0v) is 25.0. The number of pyridine rings is 1.